The van der Waals surface area contributed by atoms with E-state index in [9.17, 15) is 4.79 Å². The Morgan fingerprint density at radius 2 is 1.93 bits per heavy atom. The molecule has 0 atom stereocenters. The summed E-state index contributed by atoms with van der Waals surface area (Å²) in [7, 11) is 0. The topological polar surface area (TPSA) is 50.2 Å². The molecule has 0 radical (unpaired) electrons. The van der Waals surface area contributed by atoms with Gasteiger partial charge in [0.25, 0.3) is 5.91 Å². The highest BCUT2D eigenvalue weighted by Gasteiger charge is 2.09. The van der Waals surface area contributed by atoms with Gasteiger partial charge in [-0.15, -0.1) is 0 Å². The molecule has 0 aliphatic heterocycles. The Hall–Kier alpha value is -3.08. The second kappa shape index (κ2) is 9.22. The first-order valence-electron chi connectivity index (χ1n) is 9.83. The molecule has 0 saturated heterocycles. The molecule has 1 heterocycles. The summed E-state index contributed by atoms with van der Waals surface area (Å²) in [6, 6.07) is 16.1. The molecule has 2 aromatic carbocycles. The number of anilines is 1. The predicted octanol–water partition coefficient (Wildman–Crippen LogP) is 4.13. The minimum atomic E-state index is -0.0509. The van der Waals surface area contributed by atoms with Crippen LogP contribution < -0.4 is 10.2 Å². The standard InChI is InChI=1S/C23H28N4O/c1-4-26(22-11-6-8-18(3)14-22)13-12-24-23(28)20-10-7-9-19(15-20)21-16-25-27(5-2)17-21/h6-11,14-17H,4-5,12-13H2,1-3H3,(H,24,28). The molecule has 0 saturated carbocycles. The SMILES string of the molecule is CCN(CCNC(=O)c1cccc(-c2cnn(CC)c2)c1)c1cccc(C)c1. The van der Waals surface area contributed by atoms with Crippen LogP contribution in [-0.2, 0) is 6.54 Å². The van der Waals surface area contributed by atoms with Crippen LogP contribution in [0.2, 0.25) is 0 Å². The van der Waals surface area contributed by atoms with E-state index >= 15 is 0 Å². The van der Waals surface area contributed by atoms with E-state index in [2.05, 4.69) is 60.4 Å². The quantitative estimate of drug-likeness (QED) is 0.643. The summed E-state index contributed by atoms with van der Waals surface area (Å²) in [5.74, 6) is -0.0509. The first-order chi connectivity index (χ1) is 13.6. The highest BCUT2D eigenvalue weighted by molar-refractivity contribution is 5.95. The van der Waals surface area contributed by atoms with E-state index in [1.165, 1.54) is 11.3 Å². The number of rotatable bonds is 8. The minimum absolute atomic E-state index is 0.0509. The Labute approximate surface area is 167 Å². The Morgan fingerprint density at radius 3 is 2.64 bits per heavy atom. The number of amides is 1. The predicted molar refractivity (Wildman–Crippen MR) is 115 cm³/mol. The summed E-state index contributed by atoms with van der Waals surface area (Å²) < 4.78 is 1.88. The number of aryl methyl sites for hydroxylation is 2. The third-order valence-electron chi connectivity index (χ3n) is 4.83. The maximum Gasteiger partial charge on any atom is 0.251 e. The lowest BCUT2D eigenvalue weighted by Gasteiger charge is -2.23. The lowest BCUT2D eigenvalue weighted by atomic mass is 10.1. The zero-order chi connectivity index (χ0) is 19.9. The van der Waals surface area contributed by atoms with Crippen molar-refractivity contribution in [3.05, 3.63) is 72.1 Å². The average Bonchev–Trinajstić information content (AvgIpc) is 3.20. The van der Waals surface area contributed by atoms with Gasteiger partial charge in [0, 0.05) is 49.2 Å². The Morgan fingerprint density at radius 1 is 1.11 bits per heavy atom. The minimum Gasteiger partial charge on any atom is -0.370 e. The molecule has 1 N–H and O–H groups in total. The number of nitrogens with one attached hydrogen (secondary N) is 1. The summed E-state index contributed by atoms with van der Waals surface area (Å²) >= 11 is 0. The van der Waals surface area contributed by atoms with Crippen LogP contribution >= 0.6 is 0 Å². The first-order valence-corrected chi connectivity index (χ1v) is 9.83. The van der Waals surface area contributed by atoms with Crippen molar-refractivity contribution in [2.24, 2.45) is 0 Å². The van der Waals surface area contributed by atoms with Crippen molar-refractivity contribution in [1.82, 2.24) is 15.1 Å². The number of carbonyl (C=O) groups is 1. The molecule has 0 aliphatic carbocycles. The second-order valence-electron chi connectivity index (χ2n) is 6.84. The van der Waals surface area contributed by atoms with Crippen molar-refractivity contribution in [2.75, 3.05) is 24.5 Å². The van der Waals surface area contributed by atoms with Crippen molar-refractivity contribution in [1.29, 1.82) is 0 Å². The van der Waals surface area contributed by atoms with Crippen LogP contribution in [0.25, 0.3) is 11.1 Å². The van der Waals surface area contributed by atoms with Gasteiger partial charge in [-0.05, 0) is 56.2 Å². The van der Waals surface area contributed by atoms with Gasteiger partial charge >= 0.3 is 0 Å². The molecule has 0 bridgehead atoms. The lowest BCUT2D eigenvalue weighted by molar-refractivity contribution is 0.0954. The van der Waals surface area contributed by atoms with E-state index in [4.69, 9.17) is 0 Å². The van der Waals surface area contributed by atoms with Gasteiger partial charge in [-0.25, -0.2) is 0 Å². The van der Waals surface area contributed by atoms with E-state index in [-0.39, 0.29) is 5.91 Å². The van der Waals surface area contributed by atoms with Gasteiger partial charge in [-0.2, -0.15) is 5.10 Å². The van der Waals surface area contributed by atoms with E-state index in [0.717, 1.165) is 30.8 Å². The molecular weight excluding hydrogens is 348 g/mol. The molecule has 0 aliphatic rings. The average molecular weight is 377 g/mol. The van der Waals surface area contributed by atoms with Gasteiger partial charge in [0.05, 0.1) is 6.20 Å². The molecule has 1 amide bonds. The van der Waals surface area contributed by atoms with Crippen molar-refractivity contribution < 1.29 is 4.79 Å². The monoisotopic (exact) mass is 376 g/mol. The summed E-state index contributed by atoms with van der Waals surface area (Å²) in [4.78, 5) is 14.9. The fourth-order valence-corrected chi connectivity index (χ4v) is 3.23. The molecule has 5 heteroatoms. The smallest absolute Gasteiger partial charge is 0.251 e. The first kappa shape index (κ1) is 19.7. The van der Waals surface area contributed by atoms with Crippen LogP contribution in [0, 0.1) is 6.92 Å². The molecule has 3 rings (SSSR count). The summed E-state index contributed by atoms with van der Waals surface area (Å²) in [5, 5.41) is 7.35. The van der Waals surface area contributed by atoms with Crippen molar-refractivity contribution >= 4 is 11.6 Å². The van der Waals surface area contributed by atoms with E-state index in [0.29, 0.717) is 12.1 Å². The van der Waals surface area contributed by atoms with Crippen LogP contribution in [0.15, 0.2) is 60.9 Å². The summed E-state index contributed by atoms with van der Waals surface area (Å²) in [6.07, 6.45) is 3.83. The van der Waals surface area contributed by atoms with Crippen LogP contribution in [0.1, 0.15) is 29.8 Å². The molecule has 1 aromatic heterocycles. The van der Waals surface area contributed by atoms with Gasteiger partial charge in [-0.3, -0.25) is 9.48 Å². The third-order valence-corrected chi connectivity index (χ3v) is 4.83. The number of benzene rings is 2. The molecule has 28 heavy (non-hydrogen) atoms. The number of nitrogens with zero attached hydrogens (tertiary/aromatic N) is 3. The van der Waals surface area contributed by atoms with Crippen molar-refractivity contribution in [3.8, 4) is 11.1 Å². The molecule has 0 fully saturated rings. The van der Waals surface area contributed by atoms with Crippen molar-refractivity contribution in [2.45, 2.75) is 27.3 Å². The van der Waals surface area contributed by atoms with Gasteiger partial charge in [-0.1, -0.05) is 24.3 Å². The van der Waals surface area contributed by atoms with Gasteiger partial charge in [0.15, 0.2) is 0 Å². The van der Waals surface area contributed by atoms with E-state index in [1.54, 1.807) is 0 Å². The molecule has 3 aromatic rings. The number of likely N-dealkylation sites (N-methyl/N-ethyl adjacent to an activating group) is 1. The van der Waals surface area contributed by atoms with E-state index < -0.39 is 0 Å². The van der Waals surface area contributed by atoms with Gasteiger partial charge in [0.2, 0.25) is 0 Å². The maximum atomic E-state index is 12.6. The number of carbonyl (C=O) groups excluding carboxylic acids is 1. The van der Waals surface area contributed by atoms with Crippen molar-refractivity contribution in [3.63, 3.8) is 0 Å². The van der Waals surface area contributed by atoms with Crippen LogP contribution in [0.4, 0.5) is 5.69 Å². The fourth-order valence-electron chi connectivity index (χ4n) is 3.23. The molecule has 0 unspecified atom stereocenters. The molecule has 0 spiro atoms. The maximum absolute atomic E-state index is 12.6. The lowest BCUT2D eigenvalue weighted by Crippen LogP contribution is -2.35. The van der Waals surface area contributed by atoms with Crippen LogP contribution in [-0.4, -0.2) is 35.3 Å². The fraction of sp³-hybridized carbons (Fsp3) is 0.304. The Kier molecular flexibility index (Phi) is 6.48. The highest BCUT2D eigenvalue weighted by atomic mass is 16.1. The van der Waals surface area contributed by atoms with E-state index in [1.807, 2.05) is 41.3 Å². The number of hydrogen-bond acceptors (Lipinski definition) is 3. The number of hydrogen-bond donors (Lipinski definition) is 1. The zero-order valence-electron chi connectivity index (χ0n) is 16.9. The van der Waals surface area contributed by atoms with Gasteiger partial charge in [0.1, 0.15) is 0 Å². The molecule has 146 valence electrons. The normalized spacial score (nSPS) is 10.7. The largest absolute Gasteiger partial charge is 0.370 e. The molecule has 5 nitrogen and oxygen atoms in total. The summed E-state index contributed by atoms with van der Waals surface area (Å²) in [5.41, 5.74) is 5.12. The summed E-state index contributed by atoms with van der Waals surface area (Å²) in [6.45, 7) is 9.37. The second-order valence-corrected chi connectivity index (χ2v) is 6.84. The molecular formula is C23H28N4O. The Bertz CT molecular complexity index is 932. The highest BCUT2D eigenvalue weighted by Crippen LogP contribution is 2.20. The number of aromatic nitrogens is 2. The van der Waals surface area contributed by atoms with Crippen LogP contribution in [0.3, 0.4) is 0 Å². The third kappa shape index (κ3) is 4.80. The Balaban J connectivity index is 1.61. The van der Waals surface area contributed by atoms with Gasteiger partial charge < -0.3 is 10.2 Å². The zero-order valence-corrected chi connectivity index (χ0v) is 16.9. The van der Waals surface area contributed by atoms with Crippen LogP contribution in [0.5, 0.6) is 0 Å².